The smallest absolute Gasteiger partial charge is 0.132 e. The number of rotatable bonds is 5. The molecular formula is C13H22N4. The molecule has 1 aromatic heterocycles. The van der Waals surface area contributed by atoms with Crippen molar-refractivity contribution in [3.63, 3.8) is 0 Å². The van der Waals surface area contributed by atoms with Crippen LogP contribution in [0, 0.1) is 0 Å². The topological polar surface area (TPSA) is 41.1 Å². The number of aromatic nitrogens is 2. The Kier molecular flexibility index (Phi) is 4.31. The van der Waals surface area contributed by atoms with E-state index in [4.69, 9.17) is 0 Å². The molecule has 1 aliphatic carbocycles. The van der Waals surface area contributed by atoms with Crippen LogP contribution in [0.4, 0.5) is 5.82 Å². The molecule has 4 heteroatoms. The van der Waals surface area contributed by atoms with Crippen molar-refractivity contribution >= 4 is 5.82 Å². The van der Waals surface area contributed by atoms with E-state index in [2.05, 4.69) is 27.2 Å². The molecule has 0 unspecified atom stereocenters. The first-order valence-corrected chi connectivity index (χ1v) is 6.50. The summed E-state index contributed by atoms with van der Waals surface area (Å²) in [5.74, 6) is 2.00. The van der Waals surface area contributed by atoms with E-state index in [1.807, 2.05) is 19.3 Å². The lowest BCUT2D eigenvalue weighted by Crippen LogP contribution is -2.30. The number of nitrogens with one attached hydrogen (secondary N) is 1. The monoisotopic (exact) mass is 234 g/mol. The number of hydrogen-bond donors (Lipinski definition) is 1. The fourth-order valence-electron chi connectivity index (χ4n) is 2.42. The molecule has 0 saturated heterocycles. The summed E-state index contributed by atoms with van der Waals surface area (Å²) in [6.07, 6.45) is 8.07. The molecule has 1 saturated carbocycles. The van der Waals surface area contributed by atoms with Gasteiger partial charge in [-0.15, -0.1) is 0 Å². The molecule has 1 fully saturated rings. The normalized spacial score (nSPS) is 16.4. The van der Waals surface area contributed by atoms with Gasteiger partial charge in [0.05, 0.1) is 0 Å². The summed E-state index contributed by atoms with van der Waals surface area (Å²) in [4.78, 5) is 11.3. The van der Waals surface area contributed by atoms with Gasteiger partial charge in [0.25, 0.3) is 0 Å². The van der Waals surface area contributed by atoms with Gasteiger partial charge in [-0.1, -0.05) is 12.8 Å². The Hall–Kier alpha value is -1.16. The Morgan fingerprint density at radius 3 is 2.88 bits per heavy atom. The summed E-state index contributed by atoms with van der Waals surface area (Å²) in [6, 6.07) is 2.68. The highest BCUT2D eigenvalue weighted by Crippen LogP contribution is 2.25. The fraction of sp³-hybridized carbons (Fsp3) is 0.692. The summed E-state index contributed by atoms with van der Waals surface area (Å²) >= 11 is 0. The van der Waals surface area contributed by atoms with Crippen molar-refractivity contribution in [2.45, 2.75) is 38.1 Å². The molecule has 4 nitrogen and oxygen atoms in total. The minimum Gasteiger partial charge on any atom is -0.357 e. The summed E-state index contributed by atoms with van der Waals surface area (Å²) in [5, 5.41) is 3.13. The van der Waals surface area contributed by atoms with Crippen molar-refractivity contribution in [2.24, 2.45) is 0 Å². The lowest BCUT2D eigenvalue weighted by Gasteiger charge is -2.25. The molecule has 17 heavy (non-hydrogen) atoms. The number of likely N-dealkylation sites (N-methyl/N-ethyl adjacent to an activating group) is 1. The second-order valence-electron chi connectivity index (χ2n) is 4.73. The highest BCUT2D eigenvalue weighted by Gasteiger charge is 2.20. The highest BCUT2D eigenvalue weighted by atomic mass is 15.2. The van der Waals surface area contributed by atoms with Gasteiger partial charge in [0.15, 0.2) is 0 Å². The van der Waals surface area contributed by atoms with E-state index in [1.54, 1.807) is 0 Å². The third kappa shape index (κ3) is 3.16. The summed E-state index contributed by atoms with van der Waals surface area (Å²) in [7, 11) is 4.11. The predicted molar refractivity (Wildman–Crippen MR) is 70.3 cm³/mol. The van der Waals surface area contributed by atoms with Crippen molar-refractivity contribution in [1.82, 2.24) is 15.3 Å². The minimum absolute atomic E-state index is 0.669. The van der Waals surface area contributed by atoms with Crippen molar-refractivity contribution in [3.05, 3.63) is 18.1 Å². The van der Waals surface area contributed by atoms with Gasteiger partial charge < -0.3 is 10.2 Å². The lowest BCUT2D eigenvalue weighted by molar-refractivity contribution is 0.642. The van der Waals surface area contributed by atoms with Gasteiger partial charge in [0.1, 0.15) is 11.6 Å². The first-order chi connectivity index (χ1) is 8.31. The van der Waals surface area contributed by atoms with E-state index in [-0.39, 0.29) is 0 Å². The first kappa shape index (κ1) is 12.3. The largest absolute Gasteiger partial charge is 0.357 e. The maximum Gasteiger partial charge on any atom is 0.132 e. The van der Waals surface area contributed by atoms with Crippen LogP contribution in [0.15, 0.2) is 12.3 Å². The number of hydrogen-bond acceptors (Lipinski definition) is 4. The van der Waals surface area contributed by atoms with Crippen molar-refractivity contribution in [1.29, 1.82) is 0 Å². The van der Waals surface area contributed by atoms with Crippen LogP contribution in [-0.4, -0.2) is 36.6 Å². The molecule has 0 atom stereocenters. The Bertz CT molecular complexity index is 347. The number of nitrogens with zero attached hydrogens (tertiary/aromatic N) is 3. The molecule has 0 amide bonds. The lowest BCUT2D eigenvalue weighted by atomic mass is 10.2. The van der Waals surface area contributed by atoms with Gasteiger partial charge in [0, 0.05) is 32.3 Å². The zero-order chi connectivity index (χ0) is 12.1. The van der Waals surface area contributed by atoms with E-state index in [9.17, 15) is 0 Å². The Balaban J connectivity index is 2.03. The number of anilines is 1. The highest BCUT2D eigenvalue weighted by molar-refractivity contribution is 5.38. The van der Waals surface area contributed by atoms with Gasteiger partial charge in [-0.05, 0) is 26.0 Å². The molecule has 0 aliphatic heterocycles. The van der Waals surface area contributed by atoms with Crippen LogP contribution in [0.5, 0.6) is 0 Å². The zero-order valence-corrected chi connectivity index (χ0v) is 10.8. The third-order valence-electron chi connectivity index (χ3n) is 3.52. The van der Waals surface area contributed by atoms with Crippen LogP contribution >= 0.6 is 0 Å². The average Bonchev–Trinajstić information content (AvgIpc) is 2.89. The van der Waals surface area contributed by atoms with Crippen molar-refractivity contribution in [2.75, 3.05) is 25.5 Å². The van der Waals surface area contributed by atoms with Gasteiger partial charge in [0.2, 0.25) is 0 Å². The quantitative estimate of drug-likeness (QED) is 0.840. The van der Waals surface area contributed by atoms with Crippen molar-refractivity contribution < 1.29 is 0 Å². The van der Waals surface area contributed by atoms with Crippen LogP contribution in [0.2, 0.25) is 0 Å². The summed E-state index contributed by atoms with van der Waals surface area (Å²) in [6.45, 7) is 0.927. The molecule has 0 spiro atoms. The first-order valence-electron chi connectivity index (χ1n) is 6.50. The van der Waals surface area contributed by atoms with Gasteiger partial charge in [-0.25, -0.2) is 9.97 Å². The SMILES string of the molecule is CNCCc1nccc(N(C)C2CCCC2)n1. The van der Waals surface area contributed by atoms with Crippen LogP contribution in [0.1, 0.15) is 31.5 Å². The Morgan fingerprint density at radius 1 is 1.41 bits per heavy atom. The van der Waals surface area contributed by atoms with E-state index in [0.29, 0.717) is 6.04 Å². The molecular weight excluding hydrogens is 212 g/mol. The van der Waals surface area contributed by atoms with Gasteiger partial charge in [-0.3, -0.25) is 0 Å². The zero-order valence-electron chi connectivity index (χ0n) is 10.8. The average molecular weight is 234 g/mol. The maximum atomic E-state index is 4.63. The standard InChI is InChI=1S/C13H22N4/c1-14-9-7-12-15-10-8-13(16-12)17(2)11-5-3-4-6-11/h8,10-11,14H,3-7,9H2,1-2H3. The molecule has 1 heterocycles. The van der Waals surface area contributed by atoms with Gasteiger partial charge in [-0.2, -0.15) is 0 Å². The van der Waals surface area contributed by atoms with Crippen LogP contribution in [0.25, 0.3) is 0 Å². The molecule has 2 rings (SSSR count). The molecule has 1 aliphatic rings. The molecule has 0 bridgehead atoms. The summed E-state index contributed by atoms with van der Waals surface area (Å²) in [5.41, 5.74) is 0. The minimum atomic E-state index is 0.669. The van der Waals surface area contributed by atoms with Crippen LogP contribution in [-0.2, 0) is 6.42 Å². The van der Waals surface area contributed by atoms with Crippen LogP contribution in [0.3, 0.4) is 0 Å². The van der Waals surface area contributed by atoms with E-state index >= 15 is 0 Å². The van der Waals surface area contributed by atoms with E-state index < -0.39 is 0 Å². The second kappa shape index (κ2) is 5.96. The molecule has 1 aromatic rings. The van der Waals surface area contributed by atoms with Crippen molar-refractivity contribution in [3.8, 4) is 0 Å². The molecule has 1 N–H and O–H groups in total. The molecule has 94 valence electrons. The van der Waals surface area contributed by atoms with E-state index in [0.717, 1.165) is 24.6 Å². The fourth-order valence-corrected chi connectivity index (χ4v) is 2.42. The third-order valence-corrected chi connectivity index (χ3v) is 3.52. The van der Waals surface area contributed by atoms with Crippen LogP contribution < -0.4 is 10.2 Å². The molecule has 0 radical (unpaired) electrons. The molecule has 0 aromatic carbocycles. The Morgan fingerprint density at radius 2 is 2.18 bits per heavy atom. The summed E-state index contributed by atoms with van der Waals surface area (Å²) < 4.78 is 0. The maximum absolute atomic E-state index is 4.63. The Labute approximate surface area is 103 Å². The second-order valence-corrected chi connectivity index (χ2v) is 4.73. The van der Waals surface area contributed by atoms with Gasteiger partial charge >= 0.3 is 0 Å². The van der Waals surface area contributed by atoms with E-state index in [1.165, 1.54) is 25.7 Å². The predicted octanol–water partition coefficient (Wildman–Crippen LogP) is 1.62.